The molecule has 0 spiro atoms. The zero-order valence-corrected chi connectivity index (χ0v) is 8.58. The van der Waals surface area contributed by atoms with Gasteiger partial charge in [0.05, 0.1) is 0 Å². The van der Waals surface area contributed by atoms with E-state index in [-0.39, 0.29) is 11.7 Å². The summed E-state index contributed by atoms with van der Waals surface area (Å²) in [6.07, 6.45) is 4.99. The van der Waals surface area contributed by atoms with E-state index in [9.17, 15) is 4.79 Å². The molecule has 14 heavy (non-hydrogen) atoms. The molecule has 0 N–H and O–H groups in total. The Bertz CT molecular complexity index is 402. The van der Waals surface area contributed by atoms with Crippen LogP contribution in [0.15, 0.2) is 24.3 Å². The molecule has 0 saturated heterocycles. The van der Waals surface area contributed by atoms with Crippen molar-refractivity contribution >= 4 is 11.9 Å². The van der Waals surface area contributed by atoms with Gasteiger partial charge in [-0.1, -0.05) is 36.8 Å². The molecule has 0 fully saturated rings. The number of fused-ring (bicyclic) bond motifs is 1. The van der Waals surface area contributed by atoms with E-state index in [0.717, 1.165) is 23.1 Å². The Hall–Kier alpha value is -1.37. The standard InChI is InChI=1S/C13H14O/c1-9-6-7-11-5-3-4-10(2)13(14)12(11)8-9/h3,5-8,10H,4H2,1-2H3. The van der Waals surface area contributed by atoms with Crippen LogP contribution in [0.1, 0.15) is 34.8 Å². The number of rotatable bonds is 0. The van der Waals surface area contributed by atoms with Gasteiger partial charge >= 0.3 is 0 Å². The van der Waals surface area contributed by atoms with Gasteiger partial charge in [-0.3, -0.25) is 4.79 Å². The summed E-state index contributed by atoms with van der Waals surface area (Å²) in [6.45, 7) is 4.01. The molecular weight excluding hydrogens is 172 g/mol. The Morgan fingerprint density at radius 2 is 2.14 bits per heavy atom. The van der Waals surface area contributed by atoms with Gasteiger partial charge in [0.15, 0.2) is 5.78 Å². The van der Waals surface area contributed by atoms with Crippen LogP contribution < -0.4 is 0 Å². The molecule has 2 rings (SSSR count). The lowest BCUT2D eigenvalue weighted by molar-refractivity contribution is 0.0932. The Morgan fingerprint density at radius 1 is 1.36 bits per heavy atom. The number of carbonyl (C=O) groups is 1. The average Bonchev–Trinajstić information content (AvgIpc) is 2.30. The van der Waals surface area contributed by atoms with Crippen LogP contribution in [0.2, 0.25) is 0 Å². The Balaban J connectivity index is 2.57. The van der Waals surface area contributed by atoms with Gasteiger partial charge in [-0.05, 0) is 25.0 Å². The highest BCUT2D eigenvalue weighted by Crippen LogP contribution is 2.23. The molecular formula is C13H14O. The van der Waals surface area contributed by atoms with Crippen molar-refractivity contribution in [2.24, 2.45) is 5.92 Å². The van der Waals surface area contributed by atoms with Crippen molar-refractivity contribution < 1.29 is 4.79 Å². The minimum absolute atomic E-state index is 0.120. The molecule has 0 amide bonds. The molecule has 0 aromatic heterocycles. The van der Waals surface area contributed by atoms with Gasteiger partial charge in [0.1, 0.15) is 0 Å². The van der Waals surface area contributed by atoms with Crippen LogP contribution in [0.5, 0.6) is 0 Å². The quantitative estimate of drug-likeness (QED) is 0.608. The summed E-state index contributed by atoms with van der Waals surface area (Å²) in [5, 5.41) is 0. The number of ketones is 1. The third-order valence-electron chi connectivity index (χ3n) is 2.71. The first-order valence-corrected chi connectivity index (χ1v) is 5.00. The Kier molecular flexibility index (Phi) is 2.24. The fraction of sp³-hybridized carbons (Fsp3) is 0.308. The second kappa shape index (κ2) is 3.41. The first-order chi connectivity index (χ1) is 6.68. The van der Waals surface area contributed by atoms with E-state index < -0.39 is 0 Å². The SMILES string of the molecule is Cc1ccc2c(c1)C(=O)C(C)CC=C2. The van der Waals surface area contributed by atoms with Crippen molar-refractivity contribution in [1.82, 2.24) is 0 Å². The molecule has 1 aliphatic carbocycles. The van der Waals surface area contributed by atoms with E-state index in [1.54, 1.807) is 0 Å². The van der Waals surface area contributed by atoms with E-state index in [2.05, 4.69) is 12.2 Å². The van der Waals surface area contributed by atoms with E-state index in [0.29, 0.717) is 0 Å². The van der Waals surface area contributed by atoms with Crippen LogP contribution in [0, 0.1) is 12.8 Å². The van der Waals surface area contributed by atoms with Crippen molar-refractivity contribution in [1.29, 1.82) is 0 Å². The van der Waals surface area contributed by atoms with Gasteiger partial charge in [-0.2, -0.15) is 0 Å². The lowest BCUT2D eigenvalue weighted by atomic mass is 9.95. The molecule has 72 valence electrons. The third-order valence-corrected chi connectivity index (χ3v) is 2.71. The van der Waals surface area contributed by atoms with Gasteiger partial charge in [-0.15, -0.1) is 0 Å². The molecule has 0 bridgehead atoms. The molecule has 1 aromatic carbocycles. The number of carbonyl (C=O) groups excluding carboxylic acids is 1. The molecule has 1 unspecified atom stereocenters. The van der Waals surface area contributed by atoms with Crippen LogP contribution in [0.3, 0.4) is 0 Å². The molecule has 0 aliphatic heterocycles. The van der Waals surface area contributed by atoms with Crippen molar-refractivity contribution in [2.75, 3.05) is 0 Å². The topological polar surface area (TPSA) is 17.1 Å². The minimum atomic E-state index is 0.120. The summed E-state index contributed by atoms with van der Waals surface area (Å²) in [5.41, 5.74) is 3.09. The number of hydrogen-bond acceptors (Lipinski definition) is 1. The third kappa shape index (κ3) is 1.50. The van der Waals surface area contributed by atoms with Gasteiger partial charge in [0, 0.05) is 11.5 Å². The second-order valence-corrected chi connectivity index (χ2v) is 3.99. The number of benzene rings is 1. The van der Waals surface area contributed by atoms with Crippen LogP contribution in [0.25, 0.3) is 6.08 Å². The smallest absolute Gasteiger partial charge is 0.166 e. The van der Waals surface area contributed by atoms with Crippen molar-refractivity contribution in [3.8, 4) is 0 Å². The zero-order valence-electron chi connectivity index (χ0n) is 8.58. The van der Waals surface area contributed by atoms with Crippen LogP contribution in [-0.4, -0.2) is 5.78 Å². The number of allylic oxidation sites excluding steroid dienone is 1. The van der Waals surface area contributed by atoms with Crippen molar-refractivity contribution in [3.05, 3.63) is 41.0 Å². The van der Waals surface area contributed by atoms with Crippen LogP contribution in [-0.2, 0) is 0 Å². The Morgan fingerprint density at radius 3 is 2.93 bits per heavy atom. The second-order valence-electron chi connectivity index (χ2n) is 3.99. The summed E-state index contributed by atoms with van der Waals surface area (Å²) >= 11 is 0. The van der Waals surface area contributed by atoms with Crippen LogP contribution >= 0.6 is 0 Å². The molecule has 0 saturated carbocycles. The van der Waals surface area contributed by atoms with E-state index >= 15 is 0 Å². The number of aryl methyl sites for hydroxylation is 1. The van der Waals surface area contributed by atoms with Crippen molar-refractivity contribution in [3.63, 3.8) is 0 Å². The average molecular weight is 186 g/mol. The lowest BCUT2D eigenvalue weighted by Crippen LogP contribution is -2.10. The Labute approximate surface area is 84.5 Å². The summed E-state index contributed by atoms with van der Waals surface area (Å²) in [4.78, 5) is 11.9. The van der Waals surface area contributed by atoms with E-state index in [1.165, 1.54) is 0 Å². The molecule has 1 heteroatoms. The van der Waals surface area contributed by atoms with E-state index in [1.807, 2.05) is 32.0 Å². The first-order valence-electron chi connectivity index (χ1n) is 5.00. The summed E-state index contributed by atoms with van der Waals surface area (Å²) in [5.74, 6) is 0.392. The highest BCUT2D eigenvalue weighted by Gasteiger charge is 2.18. The largest absolute Gasteiger partial charge is 0.294 e. The zero-order chi connectivity index (χ0) is 10.1. The first kappa shape index (κ1) is 9.20. The fourth-order valence-corrected chi connectivity index (χ4v) is 1.80. The molecule has 0 heterocycles. The molecule has 0 radical (unpaired) electrons. The highest BCUT2D eigenvalue weighted by atomic mass is 16.1. The fourth-order valence-electron chi connectivity index (χ4n) is 1.80. The predicted molar refractivity (Wildman–Crippen MR) is 58.3 cm³/mol. The normalized spacial score (nSPS) is 20.4. The molecule has 1 aliphatic rings. The summed E-state index contributed by atoms with van der Waals surface area (Å²) < 4.78 is 0. The monoisotopic (exact) mass is 186 g/mol. The van der Waals surface area contributed by atoms with Gasteiger partial charge in [-0.25, -0.2) is 0 Å². The number of hydrogen-bond donors (Lipinski definition) is 0. The summed E-state index contributed by atoms with van der Waals surface area (Å²) in [7, 11) is 0. The minimum Gasteiger partial charge on any atom is -0.294 e. The maximum atomic E-state index is 11.9. The van der Waals surface area contributed by atoms with Gasteiger partial charge in [0.2, 0.25) is 0 Å². The maximum Gasteiger partial charge on any atom is 0.166 e. The highest BCUT2D eigenvalue weighted by molar-refractivity contribution is 6.01. The number of Topliss-reactive ketones (excluding diaryl/α,β-unsaturated/α-hetero) is 1. The van der Waals surface area contributed by atoms with Crippen LogP contribution in [0.4, 0.5) is 0 Å². The predicted octanol–water partition coefficient (Wildman–Crippen LogP) is 3.23. The van der Waals surface area contributed by atoms with Crippen molar-refractivity contribution in [2.45, 2.75) is 20.3 Å². The molecule has 1 aromatic rings. The summed E-state index contributed by atoms with van der Waals surface area (Å²) in [6, 6.07) is 6.06. The van der Waals surface area contributed by atoms with E-state index in [4.69, 9.17) is 0 Å². The molecule has 1 nitrogen and oxygen atoms in total. The lowest BCUT2D eigenvalue weighted by Gasteiger charge is -2.08. The van der Waals surface area contributed by atoms with Gasteiger partial charge in [0.25, 0.3) is 0 Å². The van der Waals surface area contributed by atoms with Gasteiger partial charge < -0.3 is 0 Å². The maximum absolute atomic E-state index is 11.9. The molecule has 1 atom stereocenters.